The first-order chi connectivity index (χ1) is 6.43. The van der Waals surface area contributed by atoms with Crippen LogP contribution in [0, 0.1) is 5.92 Å². The van der Waals surface area contributed by atoms with Gasteiger partial charge in [-0.15, -0.1) is 0 Å². The van der Waals surface area contributed by atoms with Crippen LogP contribution < -0.4 is 5.32 Å². The number of hydrogen-bond donors (Lipinski definition) is 1. The third kappa shape index (κ3) is 1.28. The molecule has 70 valence electrons. The summed E-state index contributed by atoms with van der Waals surface area (Å²) in [5.41, 5.74) is 0. The van der Waals surface area contributed by atoms with Crippen molar-refractivity contribution in [1.29, 1.82) is 0 Å². The van der Waals surface area contributed by atoms with Crippen LogP contribution in [0.25, 0.3) is 0 Å². The summed E-state index contributed by atoms with van der Waals surface area (Å²) in [5.74, 6) is 0.748. The molecule has 13 heavy (non-hydrogen) atoms. The van der Waals surface area contributed by atoms with Crippen LogP contribution in [0.2, 0.25) is 0 Å². The Morgan fingerprint density at radius 1 is 1.62 bits per heavy atom. The number of rotatable bonds is 1. The number of aliphatic imine (C=N–C) groups is 1. The number of thioether (sulfide) groups is 1. The molecule has 1 fully saturated rings. The van der Waals surface area contributed by atoms with E-state index < -0.39 is 0 Å². The highest BCUT2D eigenvalue weighted by atomic mass is 32.2. The molecule has 1 N–H and O–H groups in total. The maximum Gasteiger partial charge on any atom is 0.168 e. The largest absolute Gasteiger partial charge is 0.325 e. The van der Waals surface area contributed by atoms with Crippen LogP contribution in [-0.2, 0) is 0 Å². The molecular weight excluding hydrogens is 182 g/mol. The molecule has 1 unspecified atom stereocenters. The molecule has 3 aliphatic heterocycles. The van der Waals surface area contributed by atoms with E-state index in [4.69, 9.17) is 0 Å². The Kier molecular flexibility index (Phi) is 1.84. The molecule has 0 aromatic heterocycles. The standard InChI is InChI=1S/C9H13N3S/c1-2-10-5-7(1)8-6-12-4-3-11-9(12)13-8/h6-7,10H,1-5H2. The first-order valence-electron chi connectivity index (χ1n) is 4.85. The van der Waals surface area contributed by atoms with Gasteiger partial charge in [0.1, 0.15) is 0 Å². The zero-order valence-electron chi connectivity index (χ0n) is 7.49. The molecule has 1 atom stereocenters. The normalized spacial score (nSPS) is 32.0. The number of nitrogens with zero attached hydrogens (tertiary/aromatic N) is 2. The van der Waals surface area contributed by atoms with Crippen molar-refractivity contribution < 1.29 is 0 Å². The lowest BCUT2D eigenvalue weighted by molar-refractivity contribution is 0.608. The summed E-state index contributed by atoms with van der Waals surface area (Å²) < 4.78 is 0. The highest BCUT2D eigenvalue weighted by molar-refractivity contribution is 8.17. The van der Waals surface area contributed by atoms with Crippen LogP contribution in [0.15, 0.2) is 16.1 Å². The van der Waals surface area contributed by atoms with E-state index in [2.05, 4.69) is 21.4 Å². The van der Waals surface area contributed by atoms with Crippen molar-refractivity contribution in [3.63, 3.8) is 0 Å². The summed E-state index contributed by atoms with van der Waals surface area (Å²) in [6.07, 6.45) is 3.59. The average molecular weight is 195 g/mol. The fraction of sp³-hybridized carbons (Fsp3) is 0.667. The molecule has 0 aromatic carbocycles. The second-order valence-electron chi connectivity index (χ2n) is 3.68. The van der Waals surface area contributed by atoms with Crippen molar-refractivity contribution >= 4 is 16.9 Å². The van der Waals surface area contributed by atoms with Crippen molar-refractivity contribution in [3.8, 4) is 0 Å². The van der Waals surface area contributed by atoms with Gasteiger partial charge >= 0.3 is 0 Å². The molecule has 0 spiro atoms. The monoisotopic (exact) mass is 195 g/mol. The molecule has 0 bridgehead atoms. The molecule has 3 nitrogen and oxygen atoms in total. The highest BCUT2D eigenvalue weighted by Crippen LogP contribution is 2.37. The maximum absolute atomic E-state index is 4.45. The third-order valence-electron chi connectivity index (χ3n) is 2.79. The maximum atomic E-state index is 4.45. The molecule has 0 aromatic rings. The van der Waals surface area contributed by atoms with E-state index in [0.29, 0.717) is 0 Å². The topological polar surface area (TPSA) is 27.6 Å². The fourth-order valence-corrected chi connectivity index (χ4v) is 3.20. The SMILES string of the molecule is C1=C(C2CCNC2)SC2=NCCN12. The van der Waals surface area contributed by atoms with Gasteiger partial charge in [0.05, 0.1) is 6.54 Å². The van der Waals surface area contributed by atoms with E-state index in [-0.39, 0.29) is 0 Å². The van der Waals surface area contributed by atoms with Gasteiger partial charge in [-0.3, -0.25) is 4.99 Å². The molecule has 0 radical (unpaired) electrons. The number of hydrogen-bond acceptors (Lipinski definition) is 4. The molecule has 4 heteroatoms. The van der Waals surface area contributed by atoms with Gasteiger partial charge in [-0.2, -0.15) is 0 Å². The summed E-state index contributed by atoms with van der Waals surface area (Å²) in [6.45, 7) is 4.40. The van der Waals surface area contributed by atoms with Crippen molar-refractivity contribution in [2.45, 2.75) is 6.42 Å². The van der Waals surface area contributed by atoms with Crippen LogP contribution in [0.1, 0.15) is 6.42 Å². The van der Waals surface area contributed by atoms with Crippen LogP contribution in [0.5, 0.6) is 0 Å². The first kappa shape index (κ1) is 7.88. The minimum atomic E-state index is 0.748. The predicted octanol–water partition coefficient (Wildman–Crippen LogP) is 0.856. The van der Waals surface area contributed by atoms with Crippen LogP contribution in [-0.4, -0.2) is 36.2 Å². The second-order valence-corrected chi connectivity index (χ2v) is 4.72. The molecule has 3 heterocycles. The molecular formula is C9H13N3S. The van der Waals surface area contributed by atoms with Gasteiger partial charge in [-0.1, -0.05) is 11.8 Å². The van der Waals surface area contributed by atoms with Crippen LogP contribution in [0.3, 0.4) is 0 Å². The minimum absolute atomic E-state index is 0.748. The van der Waals surface area contributed by atoms with Gasteiger partial charge in [0.15, 0.2) is 5.17 Å². The van der Waals surface area contributed by atoms with Gasteiger partial charge in [0.2, 0.25) is 0 Å². The van der Waals surface area contributed by atoms with Gasteiger partial charge in [0.25, 0.3) is 0 Å². The Bertz CT molecular complexity index is 279. The second kappa shape index (κ2) is 3.03. The summed E-state index contributed by atoms with van der Waals surface area (Å²) >= 11 is 1.88. The quantitative estimate of drug-likeness (QED) is 0.672. The third-order valence-corrected chi connectivity index (χ3v) is 4.01. The molecule has 0 aliphatic carbocycles. The van der Waals surface area contributed by atoms with E-state index >= 15 is 0 Å². The van der Waals surface area contributed by atoms with E-state index in [1.807, 2.05) is 11.8 Å². The number of fused-ring (bicyclic) bond motifs is 1. The highest BCUT2D eigenvalue weighted by Gasteiger charge is 2.29. The van der Waals surface area contributed by atoms with Crippen molar-refractivity contribution in [2.75, 3.05) is 26.2 Å². The lowest BCUT2D eigenvalue weighted by Gasteiger charge is -2.06. The van der Waals surface area contributed by atoms with Crippen molar-refractivity contribution in [2.24, 2.45) is 10.9 Å². The molecule has 3 rings (SSSR count). The van der Waals surface area contributed by atoms with Gasteiger partial charge in [-0.05, 0) is 13.0 Å². The summed E-state index contributed by atoms with van der Waals surface area (Å²) in [5, 5.41) is 4.63. The predicted molar refractivity (Wildman–Crippen MR) is 55.7 cm³/mol. The number of amidine groups is 1. The Balaban J connectivity index is 1.76. The Morgan fingerprint density at radius 2 is 2.62 bits per heavy atom. The van der Waals surface area contributed by atoms with E-state index in [0.717, 1.165) is 25.6 Å². The fourth-order valence-electron chi connectivity index (χ4n) is 2.02. The zero-order chi connectivity index (χ0) is 8.67. The van der Waals surface area contributed by atoms with E-state index in [1.165, 1.54) is 23.0 Å². The summed E-state index contributed by atoms with van der Waals surface area (Å²) in [7, 11) is 0. The summed E-state index contributed by atoms with van der Waals surface area (Å²) in [6, 6.07) is 0. The van der Waals surface area contributed by atoms with E-state index in [1.54, 1.807) is 0 Å². The zero-order valence-corrected chi connectivity index (χ0v) is 8.31. The molecule has 0 saturated carbocycles. The van der Waals surface area contributed by atoms with E-state index in [9.17, 15) is 0 Å². The van der Waals surface area contributed by atoms with Gasteiger partial charge in [0, 0.05) is 30.1 Å². The Labute approximate surface area is 82.3 Å². The molecule has 3 aliphatic rings. The molecule has 1 saturated heterocycles. The summed E-state index contributed by atoms with van der Waals surface area (Å²) in [4.78, 5) is 8.26. The van der Waals surface area contributed by atoms with Crippen LogP contribution in [0.4, 0.5) is 0 Å². The lowest BCUT2D eigenvalue weighted by Crippen LogP contribution is -2.14. The van der Waals surface area contributed by atoms with Gasteiger partial charge in [-0.25, -0.2) is 0 Å². The smallest absolute Gasteiger partial charge is 0.168 e. The van der Waals surface area contributed by atoms with Crippen molar-refractivity contribution in [1.82, 2.24) is 10.2 Å². The lowest BCUT2D eigenvalue weighted by atomic mass is 10.1. The van der Waals surface area contributed by atoms with Crippen LogP contribution >= 0.6 is 11.8 Å². The number of nitrogens with one attached hydrogen (secondary N) is 1. The Morgan fingerprint density at radius 3 is 3.38 bits per heavy atom. The van der Waals surface area contributed by atoms with Gasteiger partial charge < -0.3 is 10.2 Å². The van der Waals surface area contributed by atoms with Crippen molar-refractivity contribution in [3.05, 3.63) is 11.1 Å². The minimum Gasteiger partial charge on any atom is -0.325 e. The molecule has 0 amide bonds. The first-order valence-corrected chi connectivity index (χ1v) is 5.66. The average Bonchev–Trinajstić information content (AvgIpc) is 2.78. The Hall–Kier alpha value is -0.480.